The first-order chi connectivity index (χ1) is 9.84. The summed E-state index contributed by atoms with van der Waals surface area (Å²) in [6, 6.07) is 6.40. The van der Waals surface area contributed by atoms with Crippen molar-refractivity contribution >= 4 is 23.3 Å². The zero-order valence-electron chi connectivity index (χ0n) is 11.6. The van der Waals surface area contributed by atoms with Crippen molar-refractivity contribution in [2.75, 3.05) is 0 Å². The van der Waals surface area contributed by atoms with Crippen molar-refractivity contribution in [3.8, 4) is 0 Å². The largest absolute Gasteiger partial charge is 0.366 e. The predicted molar refractivity (Wildman–Crippen MR) is 75.8 cm³/mol. The van der Waals surface area contributed by atoms with E-state index in [1.54, 1.807) is 24.3 Å². The molecule has 0 aromatic heterocycles. The van der Waals surface area contributed by atoms with Crippen LogP contribution in [0.2, 0.25) is 0 Å². The van der Waals surface area contributed by atoms with Gasteiger partial charge in [0.05, 0.1) is 5.57 Å². The SMILES string of the molecule is CC(C(=O)/C=C(\C)C(N)=O)=C1C(=O)c2ccccc2C1=O. The van der Waals surface area contributed by atoms with E-state index in [0.29, 0.717) is 11.1 Å². The molecule has 1 aliphatic carbocycles. The van der Waals surface area contributed by atoms with Crippen LogP contribution in [0.15, 0.2) is 47.1 Å². The summed E-state index contributed by atoms with van der Waals surface area (Å²) < 4.78 is 0. The maximum atomic E-state index is 12.2. The lowest BCUT2D eigenvalue weighted by Crippen LogP contribution is -2.14. The topological polar surface area (TPSA) is 94.3 Å². The van der Waals surface area contributed by atoms with Gasteiger partial charge in [0.15, 0.2) is 17.3 Å². The number of carbonyl (C=O) groups is 4. The molecule has 1 aromatic rings. The number of nitrogens with two attached hydrogens (primary N) is 1. The molecule has 0 atom stereocenters. The summed E-state index contributed by atoms with van der Waals surface area (Å²) in [5.41, 5.74) is 5.57. The van der Waals surface area contributed by atoms with E-state index < -0.39 is 23.3 Å². The molecule has 0 saturated heterocycles. The lowest BCUT2D eigenvalue weighted by Gasteiger charge is -2.01. The van der Waals surface area contributed by atoms with Crippen LogP contribution in [-0.2, 0) is 9.59 Å². The summed E-state index contributed by atoms with van der Waals surface area (Å²) in [5, 5.41) is 0. The van der Waals surface area contributed by atoms with Gasteiger partial charge in [0.1, 0.15) is 0 Å². The number of hydrogen-bond donors (Lipinski definition) is 1. The Balaban J connectivity index is 2.49. The standard InChI is InChI=1S/C16H13NO4/c1-8(16(17)21)7-12(18)9(2)13-14(19)10-5-3-4-6-11(10)15(13)20/h3-7H,1-2H3,(H2,17,21)/b8-7+. The summed E-state index contributed by atoms with van der Waals surface area (Å²) in [6.45, 7) is 2.79. The molecule has 106 valence electrons. The number of rotatable bonds is 3. The molecule has 0 aliphatic heterocycles. The highest BCUT2D eigenvalue weighted by atomic mass is 16.2. The summed E-state index contributed by atoms with van der Waals surface area (Å²) >= 11 is 0. The molecule has 0 spiro atoms. The van der Waals surface area contributed by atoms with E-state index >= 15 is 0 Å². The number of benzene rings is 1. The first kappa shape index (κ1) is 14.6. The molecule has 21 heavy (non-hydrogen) atoms. The minimum Gasteiger partial charge on any atom is -0.366 e. The summed E-state index contributed by atoms with van der Waals surface area (Å²) in [4.78, 5) is 47.4. The van der Waals surface area contributed by atoms with E-state index in [9.17, 15) is 19.2 Å². The average molecular weight is 283 g/mol. The van der Waals surface area contributed by atoms with E-state index in [0.717, 1.165) is 6.08 Å². The number of ketones is 3. The second-order valence-corrected chi connectivity index (χ2v) is 4.76. The van der Waals surface area contributed by atoms with Gasteiger partial charge in [0.2, 0.25) is 5.91 Å². The number of hydrogen-bond acceptors (Lipinski definition) is 4. The Hall–Kier alpha value is -2.82. The Morgan fingerprint density at radius 1 is 1.00 bits per heavy atom. The normalized spacial score (nSPS) is 14.2. The molecular weight excluding hydrogens is 270 g/mol. The van der Waals surface area contributed by atoms with E-state index in [-0.39, 0.29) is 16.7 Å². The fourth-order valence-electron chi connectivity index (χ4n) is 2.09. The second-order valence-electron chi connectivity index (χ2n) is 4.76. The first-order valence-electron chi connectivity index (χ1n) is 6.26. The second kappa shape index (κ2) is 5.28. The number of carbonyl (C=O) groups excluding carboxylic acids is 4. The van der Waals surface area contributed by atoms with E-state index in [1.807, 2.05) is 0 Å². The number of Topliss-reactive ketones (excluding diaryl/α,β-unsaturated/α-hetero) is 2. The average Bonchev–Trinajstić information content (AvgIpc) is 2.70. The monoisotopic (exact) mass is 283 g/mol. The van der Waals surface area contributed by atoms with Crippen molar-refractivity contribution in [3.63, 3.8) is 0 Å². The van der Waals surface area contributed by atoms with Crippen molar-refractivity contribution < 1.29 is 19.2 Å². The van der Waals surface area contributed by atoms with Crippen molar-refractivity contribution in [2.24, 2.45) is 5.73 Å². The Bertz CT molecular complexity index is 716. The molecule has 2 N–H and O–H groups in total. The van der Waals surface area contributed by atoms with Gasteiger partial charge in [-0.2, -0.15) is 0 Å². The maximum absolute atomic E-state index is 12.2. The summed E-state index contributed by atoms with van der Waals surface area (Å²) in [5.74, 6) is -2.23. The van der Waals surface area contributed by atoms with Gasteiger partial charge in [-0.15, -0.1) is 0 Å². The minimum atomic E-state index is -0.728. The quantitative estimate of drug-likeness (QED) is 0.669. The third kappa shape index (κ3) is 2.45. The van der Waals surface area contributed by atoms with Crippen LogP contribution in [-0.4, -0.2) is 23.3 Å². The minimum absolute atomic E-state index is 0.0156. The van der Waals surface area contributed by atoms with Gasteiger partial charge in [0.25, 0.3) is 0 Å². The van der Waals surface area contributed by atoms with Crippen LogP contribution in [0.4, 0.5) is 0 Å². The number of amides is 1. The predicted octanol–water partition coefficient (Wildman–Crippen LogP) is 1.38. The first-order valence-corrected chi connectivity index (χ1v) is 6.26. The van der Waals surface area contributed by atoms with Gasteiger partial charge in [0, 0.05) is 22.3 Å². The highest BCUT2D eigenvalue weighted by molar-refractivity contribution is 6.41. The molecule has 1 aromatic carbocycles. The molecule has 5 nitrogen and oxygen atoms in total. The summed E-state index contributed by atoms with van der Waals surface area (Å²) in [6.07, 6.45) is 1.04. The molecule has 5 heteroatoms. The van der Waals surface area contributed by atoms with Crippen LogP contribution in [0, 0.1) is 0 Å². The summed E-state index contributed by atoms with van der Waals surface area (Å²) in [7, 11) is 0. The lowest BCUT2D eigenvalue weighted by molar-refractivity contribution is -0.115. The van der Waals surface area contributed by atoms with Gasteiger partial charge in [-0.3, -0.25) is 19.2 Å². The molecule has 1 aliphatic rings. The third-order valence-electron chi connectivity index (χ3n) is 3.35. The van der Waals surface area contributed by atoms with Gasteiger partial charge >= 0.3 is 0 Å². The van der Waals surface area contributed by atoms with Crippen LogP contribution >= 0.6 is 0 Å². The molecule has 0 radical (unpaired) electrons. The zero-order valence-corrected chi connectivity index (χ0v) is 11.6. The number of fused-ring (bicyclic) bond motifs is 1. The van der Waals surface area contributed by atoms with E-state index in [2.05, 4.69) is 0 Å². The smallest absolute Gasteiger partial charge is 0.244 e. The molecule has 0 fully saturated rings. The van der Waals surface area contributed by atoms with E-state index in [1.165, 1.54) is 13.8 Å². The van der Waals surface area contributed by atoms with Crippen LogP contribution in [0.5, 0.6) is 0 Å². The number of allylic oxidation sites excluding steroid dienone is 3. The van der Waals surface area contributed by atoms with Crippen molar-refractivity contribution in [2.45, 2.75) is 13.8 Å². The Morgan fingerprint density at radius 2 is 1.48 bits per heavy atom. The van der Waals surface area contributed by atoms with Gasteiger partial charge in [-0.1, -0.05) is 24.3 Å². The van der Waals surface area contributed by atoms with Crippen molar-refractivity contribution in [1.29, 1.82) is 0 Å². The van der Waals surface area contributed by atoms with Crippen LogP contribution < -0.4 is 5.73 Å². The molecule has 0 bridgehead atoms. The van der Waals surface area contributed by atoms with Crippen LogP contribution in [0.25, 0.3) is 0 Å². The van der Waals surface area contributed by atoms with Crippen LogP contribution in [0.3, 0.4) is 0 Å². The molecule has 2 rings (SSSR count). The molecular formula is C16H13NO4. The maximum Gasteiger partial charge on any atom is 0.244 e. The van der Waals surface area contributed by atoms with Crippen molar-refractivity contribution in [3.05, 3.63) is 58.2 Å². The van der Waals surface area contributed by atoms with E-state index in [4.69, 9.17) is 5.73 Å². The molecule has 0 saturated carbocycles. The highest BCUT2D eigenvalue weighted by Gasteiger charge is 2.35. The lowest BCUT2D eigenvalue weighted by atomic mass is 10.00. The van der Waals surface area contributed by atoms with Gasteiger partial charge in [-0.25, -0.2) is 0 Å². The Morgan fingerprint density at radius 3 is 1.90 bits per heavy atom. The van der Waals surface area contributed by atoms with Gasteiger partial charge < -0.3 is 5.73 Å². The fraction of sp³-hybridized carbons (Fsp3) is 0.125. The zero-order chi connectivity index (χ0) is 15.7. The van der Waals surface area contributed by atoms with Crippen LogP contribution in [0.1, 0.15) is 34.6 Å². The van der Waals surface area contributed by atoms with Gasteiger partial charge in [-0.05, 0) is 19.9 Å². The van der Waals surface area contributed by atoms with Crippen molar-refractivity contribution in [1.82, 2.24) is 0 Å². The Labute approximate surface area is 121 Å². The number of primary amides is 1. The fourth-order valence-corrected chi connectivity index (χ4v) is 2.09. The Kier molecular flexibility index (Phi) is 3.67. The highest BCUT2D eigenvalue weighted by Crippen LogP contribution is 2.28. The third-order valence-corrected chi connectivity index (χ3v) is 3.35. The molecule has 1 amide bonds. The molecule has 0 heterocycles. The molecule has 0 unspecified atom stereocenters.